The molecule has 0 amide bonds. The van der Waals surface area contributed by atoms with Gasteiger partial charge in [-0.05, 0) is 37.5 Å². The highest BCUT2D eigenvalue weighted by atomic mass is 14.8. The molecule has 1 heteroatoms. The molecule has 0 aromatic heterocycles. The van der Waals surface area contributed by atoms with Crippen LogP contribution in [0.4, 0.5) is 0 Å². The van der Waals surface area contributed by atoms with E-state index in [1.165, 1.54) is 16.7 Å². The average Bonchev–Trinajstić information content (AvgIpc) is 2.26. The normalized spacial score (nSPS) is 31.8. The monoisotopic (exact) mass is 201 g/mol. The van der Waals surface area contributed by atoms with Crippen molar-refractivity contribution in [2.45, 2.75) is 27.2 Å². The second-order valence-electron chi connectivity index (χ2n) is 3.67. The van der Waals surface area contributed by atoms with Crippen molar-refractivity contribution in [3.63, 3.8) is 0 Å². The van der Waals surface area contributed by atoms with Crippen molar-refractivity contribution in [3.05, 3.63) is 59.5 Å². The quantitative estimate of drug-likeness (QED) is 0.679. The second kappa shape index (κ2) is 6.07. The van der Waals surface area contributed by atoms with Crippen molar-refractivity contribution in [1.82, 2.24) is 5.32 Å². The van der Waals surface area contributed by atoms with Crippen LogP contribution in [0.3, 0.4) is 0 Å². The summed E-state index contributed by atoms with van der Waals surface area (Å²) in [5, 5.41) is 3.15. The minimum absolute atomic E-state index is 1.06. The van der Waals surface area contributed by atoms with E-state index in [-0.39, 0.29) is 0 Å². The lowest BCUT2D eigenvalue weighted by Gasteiger charge is -2.05. The number of hydrogen-bond acceptors (Lipinski definition) is 1. The van der Waals surface area contributed by atoms with E-state index in [1.54, 1.807) is 0 Å². The lowest BCUT2D eigenvalue weighted by molar-refractivity contribution is 1.07. The van der Waals surface area contributed by atoms with Gasteiger partial charge < -0.3 is 5.32 Å². The van der Waals surface area contributed by atoms with Crippen molar-refractivity contribution in [1.29, 1.82) is 0 Å². The lowest BCUT2D eigenvalue weighted by atomic mass is 10.0. The van der Waals surface area contributed by atoms with E-state index in [0.29, 0.717) is 0 Å². The molecular weight excluding hydrogens is 182 g/mol. The first-order chi connectivity index (χ1) is 7.24. The van der Waals surface area contributed by atoms with Crippen LogP contribution in [-0.4, -0.2) is 0 Å². The van der Waals surface area contributed by atoms with Crippen LogP contribution in [0.2, 0.25) is 0 Å². The molecule has 1 rings (SSSR count). The number of allylic oxidation sites excluding steroid dienone is 8. The lowest BCUT2D eigenvalue weighted by Crippen LogP contribution is -1.95. The number of hydrogen-bond donors (Lipinski definition) is 1. The van der Waals surface area contributed by atoms with E-state index in [9.17, 15) is 0 Å². The maximum absolute atomic E-state index is 3.15. The number of rotatable bonds is 1. The summed E-state index contributed by atoms with van der Waals surface area (Å²) in [7, 11) is 0. The fourth-order valence-electron chi connectivity index (χ4n) is 1.47. The summed E-state index contributed by atoms with van der Waals surface area (Å²) in [5.41, 5.74) is 3.95. The van der Waals surface area contributed by atoms with Gasteiger partial charge in [-0.3, -0.25) is 0 Å². The first-order valence-electron chi connectivity index (χ1n) is 5.38. The van der Waals surface area contributed by atoms with Crippen molar-refractivity contribution >= 4 is 0 Å². The van der Waals surface area contributed by atoms with E-state index >= 15 is 0 Å². The first-order valence-corrected chi connectivity index (χ1v) is 5.38. The fourth-order valence-corrected chi connectivity index (χ4v) is 1.47. The largest absolute Gasteiger partial charge is 0.367 e. The average molecular weight is 201 g/mol. The van der Waals surface area contributed by atoms with Gasteiger partial charge in [0.1, 0.15) is 0 Å². The Morgan fingerprint density at radius 1 is 1.13 bits per heavy atom. The third-order valence-corrected chi connectivity index (χ3v) is 2.36. The van der Waals surface area contributed by atoms with Gasteiger partial charge in [-0.1, -0.05) is 36.8 Å². The molecule has 1 aliphatic heterocycles. The van der Waals surface area contributed by atoms with Gasteiger partial charge in [0.25, 0.3) is 0 Å². The summed E-state index contributed by atoms with van der Waals surface area (Å²) in [6.45, 7) is 6.44. The van der Waals surface area contributed by atoms with Crippen LogP contribution < -0.4 is 5.32 Å². The van der Waals surface area contributed by atoms with Crippen LogP contribution in [0.25, 0.3) is 0 Å². The molecule has 0 atom stereocenters. The first kappa shape index (κ1) is 11.6. The SMILES string of the molecule is CCC1=C/C(C)=C/C=C\C=C\N\C=C\1C. The molecule has 0 saturated heterocycles. The molecule has 1 N–H and O–H groups in total. The number of nitrogens with one attached hydrogen (secondary N) is 1. The molecule has 0 radical (unpaired) electrons. The second-order valence-corrected chi connectivity index (χ2v) is 3.67. The summed E-state index contributed by atoms with van der Waals surface area (Å²) in [6, 6.07) is 0. The molecule has 1 heterocycles. The maximum atomic E-state index is 3.15. The minimum Gasteiger partial charge on any atom is -0.367 e. The Balaban J connectivity index is 3.04. The van der Waals surface area contributed by atoms with E-state index in [1.807, 2.05) is 24.6 Å². The highest BCUT2D eigenvalue weighted by Gasteiger charge is 1.97. The molecule has 15 heavy (non-hydrogen) atoms. The van der Waals surface area contributed by atoms with Crippen LogP contribution in [-0.2, 0) is 0 Å². The molecule has 0 bridgehead atoms. The highest BCUT2D eigenvalue weighted by Crippen LogP contribution is 2.15. The van der Waals surface area contributed by atoms with Gasteiger partial charge in [0, 0.05) is 12.4 Å². The minimum atomic E-state index is 1.06. The summed E-state index contributed by atoms with van der Waals surface area (Å²) >= 11 is 0. The zero-order chi connectivity index (χ0) is 11.1. The van der Waals surface area contributed by atoms with Crippen molar-refractivity contribution in [3.8, 4) is 0 Å². The Labute approximate surface area is 92.6 Å². The van der Waals surface area contributed by atoms with Crippen LogP contribution in [0.1, 0.15) is 27.2 Å². The molecule has 0 aromatic rings. The fraction of sp³-hybridized carbons (Fsp3) is 0.286. The van der Waals surface area contributed by atoms with Gasteiger partial charge in [0.15, 0.2) is 0 Å². The van der Waals surface area contributed by atoms with E-state index in [4.69, 9.17) is 0 Å². The molecule has 0 aromatic carbocycles. The van der Waals surface area contributed by atoms with Crippen LogP contribution in [0, 0.1) is 0 Å². The summed E-state index contributed by atoms with van der Waals surface area (Å²) in [6.07, 6.45) is 15.5. The predicted molar refractivity (Wildman–Crippen MR) is 67.3 cm³/mol. The van der Waals surface area contributed by atoms with Crippen molar-refractivity contribution < 1.29 is 0 Å². The van der Waals surface area contributed by atoms with Gasteiger partial charge in [-0.25, -0.2) is 0 Å². The topological polar surface area (TPSA) is 12.0 Å². The van der Waals surface area contributed by atoms with Gasteiger partial charge in [0.05, 0.1) is 0 Å². The smallest absolute Gasteiger partial charge is 0.00367 e. The van der Waals surface area contributed by atoms with Gasteiger partial charge in [-0.15, -0.1) is 0 Å². The van der Waals surface area contributed by atoms with E-state index in [2.05, 4.69) is 44.3 Å². The molecule has 0 aliphatic carbocycles. The van der Waals surface area contributed by atoms with Gasteiger partial charge >= 0.3 is 0 Å². The summed E-state index contributed by atoms with van der Waals surface area (Å²) in [5.74, 6) is 0. The molecule has 0 spiro atoms. The molecule has 0 saturated carbocycles. The third-order valence-electron chi connectivity index (χ3n) is 2.36. The van der Waals surface area contributed by atoms with E-state index < -0.39 is 0 Å². The Kier molecular flexibility index (Phi) is 4.69. The third kappa shape index (κ3) is 4.03. The highest BCUT2D eigenvalue weighted by molar-refractivity contribution is 5.37. The standard InChI is InChI=1S/C14H19N/c1-4-14-10-12(2)8-6-5-7-9-15-11-13(14)3/h5-11,15H,4H2,1-3H3/b6-5-,9-7+,12-8+,13-11+,14-10-. The molecule has 0 fully saturated rings. The zero-order valence-corrected chi connectivity index (χ0v) is 9.75. The van der Waals surface area contributed by atoms with Crippen LogP contribution in [0.15, 0.2) is 59.5 Å². The van der Waals surface area contributed by atoms with Crippen molar-refractivity contribution in [2.24, 2.45) is 0 Å². The predicted octanol–water partition coefficient (Wildman–Crippen LogP) is 3.85. The Morgan fingerprint density at radius 3 is 2.67 bits per heavy atom. The molecule has 1 nitrogen and oxygen atoms in total. The summed E-state index contributed by atoms with van der Waals surface area (Å²) in [4.78, 5) is 0. The van der Waals surface area contributed by atoms with E-state index in [0.717, 1.165) is 6.42 Å². The molecule has 80 valence electrons. The Morgan fingerprint density at radius 2 is 1.93 bits per heavy atom. The van der Waals surface area contributed by atoms with Gasteiger partial charge in [-0.2, -0.15) is 0 Å². The molecule has 1 aliphatic rings. The van der Waals surface area contributed by atoms with Gasteiger partial charge in [0.2, 0.25) is 0 Å². The van der Waals surface area contributed by atoms with Crippen LogP contribution >= 0.6 is 0 Å². The van der Waals surface area contributed by atoms with Crippen LogP contribution in [0.5, 0.6) is 0 Å². The Bertz CT molecular complexity index is 352. The maximum Gasteiger partial charge on any atom is 0.00367 e. The molecule has 0 unspecified atom stereocenters. The zero-order valence-electron chi connectivity index (χ0n) is 9.75. The van der Waals surface area contributed by atoms with Crippen molar-refractivity contribution in [2.75, 3.05) is 0 Å². The Hall–Kier alpha value is -1.50. The summed E-state index contributed by atoms with van der Waals surface area (Å²) < 4.78 is 0. The molecular formula is C14H19N.